The van der Waals surface area contributed by atoms with E-state index >= 15 is 0 Å². The summed E-state index contributed by atoms with van der Waals surface area (Å²) in [5, 5.41) is 12.1. The van der Waals surface area contributed by atoms with E-state index in [2.05, 4.69) is 16.0 Å². The van der Waals surface area contributed by atoms with Gasteiger partial charge in [0.2, 0.25) is 5.71 Å². The minimum atomic E-state index is -2.33. The van der Waals surface area contributed by atoms with Gasteiger partial charge in [-0.1, -0.05) is 59.4 Å². The minimum Gasteiger partial charge on any atom is -0.512 e. The SMILES string of the molecule is CCC(CC)C(=O)/C=C(\O)C(CC)CC.[2H]C([2H])([2H])c1ccc2c(n1)oc1c(-c3nccc4c(C([2H])([2H])C(C)(C)C)c(C)sc34)[c-]ccc12.[Ir]. The Morgan fingerprint density at radius 1 is 1.07 bits per heavy atom. The molecule has 0 saturated heterocycles. The van der Waals surface area contributed by atoms with E-state index in [1.807, 2.05) is 67.5 Å². The van der Waals surface area contributed by atoms with Crippen molar-refractivity contribution >= 4 is 49.3 Å². The molecule has 0 fully saturated rings. The molecule has 0 aliphatic heterocycles. The maximum Gasteiger partial charge on any atom is 0.216 e. The van der Waals surface area contributed by atoms with E-state index in [0.717, 1.165) is 51.4 Å². The molecular weight excluding hydrogens is 757 g/mol. The Labute approximate surface area is 292 Å². The van der Waals surface area contributed by atoms with E-state index in [1.54, 1.807) is 18.3 Å². The molecule has 0 aliphatic carbocycles. The van der Waals surface area contributed by atoms with Gasteiger partial charge in [0.05, 0.1) is 11.3 Å². The van der Waals surface area contributed by atoms with E-state index in [4.69, 9.17) is 11.3 Å². The molecule has 1 aromatic carbocycles. The average molecular weight is 809 g/mol. The first-order valence-corrected chi connectivity index (χ1v) is 16.3. The summed E-state index contributed by atoms with van der Waals surface area (Å²) in [5.41, 5.74) is 2.15. The normalized spacial score (nSPS) is 14.4. The van der Waals surface area contributed by atoms with E-state index < -0.39 is 18.6 Å². The van der Waals surface area contributed by atoms with Crippen LogP contribution in [-0.2, 0) is 31.3 Å². The second-order valence-electron chi connectivity index (χ2n) is 12.2. The second-order valence-corrected chi connectivity index (χ2v) is 13.4. The van der Waals surface area contributed by atoms with Crippen molar-refractivity contribution in [3.8, 4) is 11.3 Å². The van der Waals surface area contributed by atoms with Gasteiger partial charge in [-0.2, -0.15) is 0 Å². The van der Waals surface area contributed by atoms with Crippen LogP contribution >= 0.6 is 11.3 Å². The summed E-state index contributed by atoms with van der Waals surface area (Å²) in [6.07, 6.45) is 5.05. The number of carbonyl (C=O) groups is 1. The fraction of sp³-hybridized carbons (Fsp3) is 0.447. The number of aliphatic hydroxyl groups excluding tert-OH is 1. The maximum absolute atomic E-state index is 11.7. The zero-order chi connectivity index (χ0) is 36.5. The summed E-state index contributed by atoms with van der Waals surface area (Å²) >= 11 is 1.51. The number of hydrogen-bond donors (Lipinski definition) is 1. The molecule has 0 atom stereocenters. The Kier molecular flexibility index (Phi) is 10.3. The third-order valence-corrected chi connectivity index (χ3v) is 9.03. The maximum atomic E-state index is 11.7. The van der Waals surface area contributed by atoms with Crippen LogP contribution in [-0.4, -0.2) is 20.9 Å². The Morgan fingerprint density at radius 3 is 2.38 bits per heavy atom. The van der Waals surface area contributed by atoms with Crippen molar-refractivity contribution in [1.82, 2.24) is 9.97 Å². The molecule has 5 rings (SSSR count). The van der Waals surface area contributed by atoms with Crippen LogP contribution in [0.15, 0.2) is 52.8 Å². The predicted molar refractivity (Wildman–Crippen MR) is 185 cm³/mol. The Morgan fingerprint density at radius 2 is 1.76 bits per heavy atom. The predicted octanol–water partition coefficient (Wildman–Crippen LogP) is 11.1. The van der Waals surface area contributed by atoms with Crippen LogP contribution in [0.1, 0.15) is 97.1 Å². The molecule has 45 heavy (non-hydrogen) atoms. The number of nitrogens with zero attached hydrogens (tertiary/aromatic N) is 2. The first-order valence-electron chi connectivity index (χ1n) is 18.0. The number of benzene rings is 1. The van der Waals surface area contributed by atoms with Crippen molar-refractivity contribution in [2.24, 2.45) is 17.3 Å². The van der Waals surface area contributed by atoms with Gasteiger partial charge >= 0.3 is 0 Å². The number of thiophene rings is 1. The Bertz CT molecular complexity index is 1980. The van der Waals surface area contributed by atoms with Gasteiger partial charge in [0.25, 0.3) is 0 Å². The molecule has 0 aliphatic rings. The van der Waals surface area contributed by atoms with E-state index in [-0.39, 0.29) is 54.9 Å². The molecule has 4 heterocycles. The van der Waals surface area contributed by atoms with Crippen molar-refractivity contribution in [3.63, 3.8) is 0 Å². The van der Waals surface area contributed by atoms with E-state index in [1.165, 1.54) is 23.5 Å². The number of fused-ring (bicyclic) bond motifs is 4. The second kappa shape index (κ2) is 15.6. The van der Waals surface area contributed by atoms with Crippen LogP contribution in [0.2, 0.25) is 0 Å². The molecule has 5 nitrogen and oxygen atoms in total. The minimum absolute atomic E-state index is 0. The van der Waals surface area contributed by atoms with Gasteiger partial charge < -0.3 is 14.5 Å². The smallest absolute Gasteiger partial charge is 0.216 e. The van der Waals surface area contributed by atoms with Crippen molar-refractivity contribution in [3.05, 3.63) is 70.6 Å². The van der Waals surface area contributed by atoms with Gasteiger partial charge in [0.1, 0.15) is 0 Å². The number of aryl methyl sites for hydroxylation is 2. The molecule has 0 spiro atoms. The number of allylic oxidation sites excluding steroid dienone is 2. The van der Waals surface area contributed by atoms with Gasteiger partial charge in [-0.25, -0.2) is 4.98 Å². The molecule has 7 heteroatoms. The van der Waals surface area contributed by atoms with Crippen LogP contribution in [0, 0.1) is 37.1 Å². The van der Waals surface area contributed by atoms with Crippen molar-refractivity contribution < 1.29 is 41.3 Å². The fourth-order valence-corrected chi connectivity index (χ4v) is 6.53. The monoisotopic (exact) mass is 809 g/mol. The van der Waals surface area contributed by atoms with Gasteiger partial charge in [0, 0.05) is 77.4 Å². The summed E-state index contributed by atoms with van der Waals surface area (Å²) in [6, 6.07) is 12.0. The zero-order valence-electron chi connectivity index (χ0n) is 32.4. The number of furan rings is 1. The largest absolute Gasteiger partial charge is 0.512 e. The summed E-state index contributed by atoms with van der Waals surface area (Å²) < 4.78 is 47.7. The summed E-state index contributed by atoms with van der Waals surface area (Å²) in [4.78, 5) is 21.5. The van der Waals surface area contributed by atoms with E-state index in [0.29, 0.717) is 22.4 Å². The number of hydrogen-bond acceptors (Lipinski definition) is 6. The van der Waals surface area contributed by atoms with Crippen LogP contribution in [0.3, 0.4) is 0 Å². The summed E-state index contributed by atoms with van der Waals surface area (Å²) in [7, 11) is 0. The molecule has 0 saturated carbocycles. The number of aliphatic hydroxyl groups is 1. The molecule has 0 bridgehead atoms. The molecule has 243 valence electrons. The fourth-order valence-electron chi connectivity index (χ4n) is 5.43. The molecular formula is C38H47IrN2O3S-. The number of aromatic nitrogens is 2. The van der Waals surface area contributed by atoms with Crippen LogP contribution in [0.25, 0.3) is 43.4 Å². The topological polar surface area (TPSA) is 76.2 Å². The molecule has 5 aromatic rings. The van der Waals surface area contributed by atoms with Crippen molar-refractivity contribution in [2.75, 3.05) is 0 Å². The van der Waals surface area contributed by atoms with Gasteiger partial charge in [-0.05, 0) is 80.4 Å². The third-order valence-electron chi connectivity index (χ3n) is 7.90. The molecule has 1 radical (unpaired) electrons. The van der Waals surface area contributed by atoms with E-state index in [9.17, 15) is 9.90 Å². The number of rotatable bonds is 9. The number of carbonyl (C=O) groups excluding carboxylic acids is 1. The molecule has 0 amide bonds. The van der Waals surface area contributed by atoms with Gasteiger partial charge in [-0.15, -0.1) is 29.5 Å². The number of ketones is 1. The molecule has 1 N–H and O–H groups in total. The van der Waals surface area contributed by atoms with Crippen LogP contribution < -0.4 is 0 Å². The molecule has 0 unspecified atom stereocenters. The van der Waals surface area contributed by atoms with Gasteiger partial charge in [-0.3, -0.25) is 4.79 Å². The Hall–Kier alpha value is -2.86. The summed E-state index contributed by atoms with van der Waals surface area (Å²) in [6.45, 7) is 13.4. The first kappa shape index (κ1) is 29.5. The quantitative estimate of drug-likeness (QED) is 0.0912. The standard InChI is InChI=1S/C25H23N2OS.C13H24O2.Ir/c1-14-9-10-18-16-7-6-8-19(22(16)28-24(18)27-14)21-23-17(11-12-26-21)20(15(2)29-23)13-25(3,4)5;1-5-10(6-2)12(14)9-13(15)11(7-3)8-4;/h6-7,9-12H,13H2,1-5H3;9-11,14H,5-8H2,1-4H3;/q-1;;/b;12-9-;/i1D3,13D2;;. The van der Waals surface area contributed by atoms with Crippen LogP contribution in [0.5, 0.6) is 0 Å². The first-order chi connectivity index (χ1) is 22.9. The average Bonchev–Trinajstić information content (AvgIpc) is 3.58. The van der Waals surface area contributed by atoms with Crippen molar-refractivity contribution in [2.45, 2.75) is 94.3 Å². The third kappa shape index (κ3) is 8.30. The van der Waals surface area contributed by atoms with Gasteiger partial charge in [0.15, 0.2) is 5.78 Å². The van der Waals surface area contributed by atoms with Crippen LogP contribution in [0.4, 0.5) is 0 Å². The number of pyridine rings is 2. The Balaban J connectivity index is 0.000000361. The zero-order valence-corrected chi connectivity index (χ0v) is 30.6. The molecule has 4 aromatic heterocycles. The summed E-state index contributed by atoms with van der Waals surface area (Å²) in [5.74, 6) is 0.547. The van der Waals surface area contributed by atoms with Crippen molar-refractivity contribution in [1.29, 1.82) is 0 Å².